The van der Waals surface area contributed by atoms with Crippen LogP contribution >= 0.6 is 15.9 Å². The predicted octanol–water partition coefficient (Wildman–Crippen LogP) is 3.60. The summed E-state index contributed by atoms with van der Waals surface area (Å²) in [6, 6.07) is 7.37. The van der Waals surface area contributed by atoms with Crippen molar-refractivity contribution in [3.8, 4) is 0 Å². The van der Waals surface area contributed by atoms with E-state index < -0.39 is 29.6 Å². The third kappa shape index (κ3) is 4.76. The van der Waals surface area contributed by atoms with E-state index in [4.69, 9.17) is 10.5 Å². The minimum absolute atomic E-state index is 0.00933. The Hall–Kier alpha value is -3.78. The van der Waals surface area contributed by atoms with Crippen LogP contribution in [0.1, 0.15) is 12.0 Å². The van der Waals surface area contributed by atoms with Crippen molar-refractivity contribution in [2.24, 2.45) is 0 Å². The maximum atomic E-state index is 13.6. The number of hydrogen-bond acceptors (Lipinski definition) is 7. The summed E-state index contributed by atoms with van der Waals surface area (Å²) in [6.45, 7) is -0.136. The Balaban J connectivity index is 1.49. The molecular formula is C24H21BrF3N7O3. The van der Waals surface area contributed by atoms with Crippen LogP contribution in [0.3, 0.4) is 0 Å². The summed E-state index contributed by atoms with van der Waals surface area (Å²) in [5.74, 6) is -0.576. The SMILES string of the molecule is CO[C@H]1C[C@@H](C(=O)Nc2cccc(Br)n2)N(C(=O)Cn2c3ccc(C(F)(F)F)cc3c3c(N)ncnc32)C1. The molecule has 5 rings (SSSR count). The average Bonchev–Trinajstić information content (AvgIpc) is 3.44. The number of fused-ring (bicyclic) bond motifs is 3. The second-order valence-corrected chi connectivity index (χ2v) is 9.58. The van der Waals surface area contributed by atoms with Gasteiger partial charge in [-0.2, -0.15) is 13.2 Å². The maximum Gasteiger partial charge on any atom is 0.416 e. The summed E-state index contributed by atoms with van der Waals surface area (Å²) in [5.41, 5.74) is 5.69. The molecule has 2 atom stereocenters. The van der Waals surface area contributed by atoms with Crippen molar-refractivity contribution in [1.29, 1.82) is 0 Å². The minimum atomic E-state index is -4.57. The van der Waals surface area contributed by atoms with Gasteiger partial charge in [0.25, 0.3) is 0 Å². The van der Waals surface area contributed by atoms with Crippen LogP contribution < -0.4 is 11.1 Å². The number of aromatic nitrogens is 4. The van der Waals surface area contributed by atoms with Crippen molar-refractivity contribution < 1.29 is 27.5 Å². The zero-order valence-corrected chi connectivity index (χ0v) is 21.5. The van der Waals surface area contributed by atoms with Crippen molar-refractivity contribution in [3.05, 3.63) is 52.9 Å². The Kier molecular flexibility index (Phi) is 6.69. The minimum Gasteiger partial charge on any atom is -0.383 e. The molecule has 198 valence electrons. The maximum absolute atomic E-state index is 13.6. The number of carbonyl (C=O) groups excluding carboxylic acids is 2. The molecule has 1 aliphatic rings. The lowest BCUT2D eigenvalue weighted by Crippen LogP contribution is -2.44. The van der Waals surface area contributed by atoms with Gasteiger partial charge in [0.1, 0.15) is 40.8 Å². The number of nitrogens with zero attached hydrogens (tertiary/aromatic N) is 5. The Bertz CT molecular complexity index is 1560. The van der Waals surface area contributed by atoms with Gasteiger partial charge < -0.3 is 25.3 Å². The van der Waals surface area contributed by atoms with Crippen LogP contribution in [0.25, 0.3) is 21.9 Å². The van der Waals surface area contributed by atoms with Crippen LogP contribution in [0, 0.1) is 0 Å². The van der Waals surface area contributed by atoms with Gasteiger partial charge in [-0.05, 0) is 46.3 Å². The number of nitrogen functional groups attached to an aromatic ring is 1. The lowest BCUT2D eigenvalue weighted by Gasteiger charge is -2.24. The van der Waals surface area contributed by atoms with Crippen molar-refractivity contribution >= 4 is 61.3 Å². The third-order valence-corrected chi connectivity index (χ3v) is 6.92. The van der Waals surface area contributed by atoms with Gasteiger partial charge in [0.05, 0.1) is 22.6 Å². The third-order valence-electron chi connectivity index (χ3n) is 6.48. The fraction of sp³-hybridized carbons (Fsp3) is 0.292. The zero-order valence-electron chi connectivity index (χ0n) is 19.9. The van der Waals surface area contributed by atoms with E-state index in [1.54, 1.807) is 18.2 Å². The Morgan fingerprint density at radius 1 is 1.24 bits per heavy atom. The Morgan fingerprint density at radius 2 is 2.03 bits per heavy atom. The number of rotatable bonds is 5. The van der Waals surface area contributed by atoms with E-state index in [0.29, 0.717) is 15.9 Å². The number of halogens is 4. The normalized spacial score (nSPS) is 17.9. The van der Waals surface area contributed by atoms with Crippen molar-refractivity contribution in [3.63, 3.8) is 0 Å². The Morgan fingerprint density at radius 3 is 2.74 bits per heavy atom. The molecule has 1 fully saturated rings. The molecule has 0 saturated carbocycles. The van der Waals surface area contributed by atoms with Crippen molar-refractivity contribution in [2.75, 3.05) is 24.7 Å². The van der Waals surface area contributed by atoms with Crippen LogP contribution in [-0.2, 0) is 27.0 Å². The van der Waals surface area contributed by atoms with Gasteiger partial charge in [-0.1, -0.05) is 6.07 Å². The number of methoxy groups -OCH3 is 1. The molecule has 1 saturated heterocycles. The number of nitrogens with one attached hydrogen (secondary N) is 1. The van der Waals surface area contributed by atoms with Gasteiger partial charge in [0.15, 0.2) is 0 Å². The number of ether oxygens (including phenoxy) is 1. The molecule has 2 amide bonds. The smallest absolute Gasteiger partial charge is 0.383 e. The number of hydrogen-bond donors (Lipinski definition) is 2. The second-order valence-electron chi connectivity index (χ2n) is 8.76. The molecule has 0 bridgehead atoms. The molecule has 0 spiro atoms. The quantitative estimate of drug-likeness (QED) is 0.339. The number of pyridine rings is 1. The molecule has 4 aromatic rings. The molecule has 1 aliphatic heterocycles. The molecule has 3 aromatic heterocycles. The van der Waals surface area contributed by atoms with Gasteiger partial charge in [-0.25, -0.2) is 15.0 Å². The number of likely N-dealkylation sites (tertiary alicyclic amines) is 1. The van der Waals surface area contributed by atoms with Crippen LogP contribution in [0.5, 0.6) is 0 Å². The highest BCUT2D eigenvalue weighted by Gasteiger charge is 2.40. The predicted molar refractivity (Wildman–Crippen MR) is 136 cm³/mol. The van der Waals surface area contributed by atoms with E-state index in [0.717, 1.165) is 12.1 Å². The molecule has 14 heteroatoms. The number of alkyl halides is 3. The van der Waals surface area contributed by atoms with Gasteiger partial charge in [-0.3, -0.25) is 9.59 Å². The first kappa shape index (κ1) is 25.9. The second kappa shape index (κ2) is 9.83. The highest BCUT2D eigenvalue weighted by atomic mass is 79.9. The molecule has 1 aromatic carbocycles. The van der Waals surface area contributed by atoms with Gasteiger partial charge >= 0.3 is 6.18 Å². The van der Waals surface area contributed by atoms with Crippen LogP contribution in [0.15, 0.2) is 47.3 Å². The van der Waals surface area contributed by atoms with Gasteiger partial charge in [0, 0.05) is 25.5 Å². The molecule has 4 heterocycles. The van der Waals surface area contributed by atoms with Crippen LogP contribution in [0.2, 0.25) is 0 Å². The van der Waals surface area contributed by atoms with Gasteiger partial charge in [-0.15, -0.1) is 0 Å². The van der Waals surface area contributed by atoms with Crippen molar-refractivity contribution in [2.45, 2.75) is 31.3 Å². The summed E-state index contributed by atoms with van der Waals surface area (Å²) in [4.78, 5) is 40.4. The number of amides is 2. The summed E-state index contributed by atoms with van der Waals surface area (Å²) >= 11 is 3.25. The molecule has 10 nitrogen and oxygen atoms in total. The fourth-order valence-corrected chi connectivity index (χ4v) is 5.02. The highest BCUT2D eigenvalue weighted by Crippen LogP contribution is 2.36. The summed E-state index contributed by atoms with van der Waals surface area (Å²) in [7, 11) is 1.49. The summed E-state index contributed by atoms with van der Waals surface area (Å²) < 4.78 is 47.7. The molecular weight excluding hydrogens is 571 g/mol. The number of benzene rings is 1. The van der Waals surface area contributed by atoms with Crippen molar-refractivity contribution in [1.82, 2.24) is 24.4 Å². The summed E-state index contributed by atoms with van der Waals surface area (Å²) in [5, 5.41) is 3.11. The number of anilines is 2. The lowest BCUT2D eigenvalue weighted by molar-refractivity contribution is -0.137. The van der Waals surface area contributed by atoms with E-state index in [2.05, 4.69) is 36.2 Å². The van der Waals surface area contributed by atoms with E-state index in [1.807, 2.05) is 0 Å². The fourth-order valence-electron chi connectivity index (χ4n) is 4.68. The average molecular weight is 592 g/mol. The number of carbonyl (C=O) groups is 2. The standard InChI is InChI=1S/C24H21BrF3N7O3/c1-38-13-8-16(23(37)33-18-4-2-3-17(25)32-18)34(9-13)19(36)10-35-15-6-5-12(24(26,27)28)7-14(15)20-21(29)30-11-31-22(20)35/h2-7,11,13,16H,8-10H2,1H3,(H2,29,30,31)(H,32,33,37)/t13-,16-/m0/s1. The largest absolute Gasteiger partial charge is 0.416 e. The molecule has 0 unspecified atom stereocenters. The first-order valence-corrected chi connectivity index (χ1v) is 12.2. The van der Waals surface area contributed by atoms with Crippen LogP contribution in [-0.4, -0.2) is 62.0 Å². The van der Waals surface area contributed by atoms with Crippen LogP contribution in [0.4, 0.5) is 24.8 Å². The molecule has 3 N–H and O–H groups in total. The number of nitrogens with two attached hydrogens (primary N) is 1. The molecule has 0 aliphatic carbocycles. The lowest BCUT2D eigenvalue weighted by atomic mass is 10.1. The van der Waals surface area contributed by atoms with Gasteiger partial charge in [0.2, 0.25) is 11.8 Å². The summed E-state index contributed by atoms with van der Waals surface area (Å²) in [6.07, 6.45) is -3.51. The molecule has 38 heavy (non-hydrogen) atoms. The van der Waals surface area contributed by atoms with E-state index >= 15 is 0 Å². The highest BCUT2D eigenvalue weighted by molar-refractivity contribution is 9.10. The van der Waals surface area contributed by atoms with E-state index in [1.165, 1.54) is 29.0 Å². The monoisotopic (exact) mass is 591 g/mol. The first-order valence-electron chi connectivity index (χ1n) is 11.4. The topological polar surface area (TPSA) is 128 Å². The molecule has 0 radical (unpaired) electrons. The van der Waals surface area contributed by atoms with E-state index in [-0.39, 0.29) is 47.9 Å². The Labute approximate surface area is 222 Å². The zero-order chi connectivity index (χ0) is 27.2. The first-order chi connectivity index (χ1) is 18.1. The van der Waals surface area contributed by atoms with E-state index in [9.17, 15) is 22.8 Å².